The van der Waals surface area contributed by atoms with Crippen molar-refractivity contribution in [3.8, 4) is 0 Å². The molecule has 1 amide bonds. The van der Waals surface area contributed by atoms with Crippen molar-refractivity contribution >= 4 is 11.6 Å². The lowest BCUT2D eigenvalue weighted by Crippen LogP contribution is -2.12. The van der Waals surface area contributed by atoms with E-state index in [0.29, 0.717) is 12.1 Å². The van der Waals surface area contributed by atoms with E-state index < -0.39 is 0 Å². The Labute approximate surface area is 128 Å². The van der Waals surface area contributed by atoms with Gasteiger partial charge in [0.1, 0.15) is 12.7 Å². The van der Waals surface area contributed by atoms with Crippen molar-refractivity contribution in [3.63, 3.8) is 0 Å². The lowest BCUT2D eigenvalue weighted by Gasteiger charge is -2.07. The van der Waals surface area contributed by atoms with Gasteiger partial charge in [0.15, 0.2) is 0 Å². The van der Waals surface area contributed by atoms with Crippen LogP contribution in [0.25, 0.3) is 0 Å². The van der Waals surface area contributed by atoms with Crippen LogP contribution in [-0.2, 0) is 6.54 Å². The Morgan fingerprint density at radius 2 is 1.82 bits per heavy atom. The Bertz CT molecular complexity index is 746. The highest BCUT2D eigenvalue weighted by Gasteiger charge is 2.06. The number of anilines is 1. The SMILES string of the molecule is Cc1ccc(NC(=O)c2ccc(Cn3cncn3)cc2)cc1. The van der Waals surface area contributed by atoms with Crippen molar-refractivity contribution in [2.24, 2.45) is 0 Å². The van der Waals surface area contributed by atoms with Crippen LogP contribution in [-0.4, -0.2) is 20.7 Å². The summed E-state index contributed by atoms with van der Waals surface area (Å²) in [6.45, 7) is 2.65. The molecule has 5 nitrogen and oxygen atoms in total. The molecule has 0 aliphatic heterocycles. The van der Waals surface area contributed by atoms with Crippen LogP contribution in [0.1, 0.15) is 21.5 Å². The summed E-state index contributed by atoms with van der Waals surface area (Å²) in [6.07, 6.45) is 3.17. The maximum absolute atomic E-state index is 12.2. The van der Waals surface area contributed by atoms with Gasteiger partial charge in [-0.1, -0.05) is 29.8 Å². The van der Waals surface area contributed by atoms with E-state index in [2.05, 4.69) is 15.4 Å². The molecule has 1 N–H and O–H groups in total. The molecule has 2 aromatic carbocycles. The first-order valence-corrected chi connectivity index (χ1v) is 7.00. The topological polar surface area (TPSA) is 59.8 Å². The zero-order valence-electron chi connectivity index (χ0n) is 12.2. The summed E-state index contributed by atoms with van der Waals surface area (Å²) in [4.78, 5) is 16.1. The largest absolute Gasteiger partial charge is 0.322 e. The molecule has 0 fully saturated rings. The van der Waals surface area contributed by atoms with E-state index in [1.54, 1.807) is 11.0 Å². The Kier molecular flexibility index (Phi) is 3.96. The number of benzene rings is 2. The minimum absolute atomic E-state index is 0.115. The number of nitrogens with one attached hydrogen (secondary N) is 1. The van der Waals surface area contributed by atoms with Gasteiger partial charge in [-0.2, -0.15) is 5.10 Å². The van der Waals surface area contributed by atoms with E-state index in [9.17, 15) is 4.79 Å². The highest BCUT2D eigenvalue weighted by Crippen LogP contribution is 2.12. The van der Waals surface area contributed by atoms with Gasteiger partial charge in [0, 0.05) is 11.3 Å². The van der Waals surface area contributed by atoms with E-state index in [-0.39, 0.29) is 5.91 Å². The minimum Gasteiger partial charge on any atom is -0.322 e. The van der Waals surface area contributed by atoms with Crippen LogP contribution < -0.4 is 5.32 Å². The highest BCUT2D eigenvalue weighted by molar-refractivity contribution is 6.04. The number of nitrogens with zero attached hydrogens (tertiary/aromatic N) is 3. The summed E-state index contributed by atoms with van der Waals surface area (Å²) in [5.41, 5.74) is 3.65. The maximum atomic E-state index is 12.2. The number of hydrogen-bond donors (Lipinski definition) is 1. The molecule has 5 heteroatoms. The van der Waals surface area contributed by atoms with Crippen LogP contribution in [0.15, 0.2) is 61.2 Å². The van der Waals surface area contributed by atoms with E-state index in [1.165, 1.54) is 6.33 Å². The second kappa shape index (κ2) is 6.22. The first kappa shape index (κ1) is 14.0. The summed E-state index contributed by atoms with van der Waals surface area (Å²) in [5, 5.41) is 6.94. The van der Waals surface area contributed by atoms with E-state index >= 15 is 0 Å². The van der Waals surface area contributed by atoms with Gasteiger partial charge < -0.3 is 5.32 Å². The summed E-state index contributed by atoms with van der Waals surface area (Å²) in [6, 6.07) is 15.2. The molecule has 0 aliphatic rings. The zero-order valence-corrected chi connectivity index (χ0v) is 12.2. The molecule has 3 aromatic rings. The van der Waals surface area contributed by atoms with Crippen molar-refractivity contribution in [2.45, 2.75) is 13.5 Å². The zero-order chi connectivity index (χ0) is 15.4. The molecule has 3 rings (SSSR count). The van der Waals surface area contributed by atoms with Crippen LogP contribution in [0.5, 0.6) is 0 Å². The fourth-order valence-corrected chi connectivity index (χ4v) is 2.10. The predicted molar refractivity (Wildman–Crippen MR) is 84.7 cm³/mol. The number of aryl methyl sites for hydroxylation is 1. The van der Waals surface area contributed by atoms with Gasteiger partial charge >= 0.3 is 0 Å². The molecule has 110 valence electrons. The molecule has 0 saturated heterocycles. The van der Waals surface area contributed by atoms with Crippen molar-refractivity contribution < 1.29 is 4.79 Å². The number of carbonyl (C=O) groups is 1. The van der Waals surface area contributed by atoms with Gasteiger partial charge in [0.2, 0.25) is 0 Å². The first-order chi connectivity index (χ1) is 10.7. The molecule has 0 saturated carbocycles. The first-order valence-electron chi connectivity index (χ1n) is 7.00. The van der Waals surface area contributed by atoms with Crippen LogP contribution in [0.2, 0.25) is 0 Å². The van der Waals surface area contributed by atoms with Gasteiger partial charge in [0.05, 0.1) is 6.54 Å². The Morgan fingerprint density at radius 1 is 1.09 bits per heavy atom. The van der Waals surface area contributed by atoms with E-state index in [0.717, 1.165) is 16.8 Å². The fraction of sp³-hybridized carbons (Fsp3) is 0.118. The number of aromatic nitrogens is 3. The van der Waals surface area contributed by atoms with Gasteiger partial charge in [0.25, 0.3) is 5.91 Å². The van der Waals surface area contributed by atoms with Crippen LogP contribution in [0.3, 0.4) is 0 Å². The Hall–Kier alpha value is -2.95. The van der Waals surface area contributed by atoms with E-state index in [4.69, 9.17) is 0 Å². The second-order valence-electron chi connectivity index (χ2n) is 5.11. The van der Waals surface area contributed by atoms with Crippen molar-refractivity contribution in [1.82, 2.24) is 14.8 Å². The van der Waals surface area contributed by atoms with Gasteiger partial charge in [-0.3, -0.25) is 4.79 Å². The molecule has 0 radical (unpaired) electrons. The molecule has 0 unspecified atom stereocenters. The second-order valence-corrected chi connectivity index (χ2v) is 5.11. The Morgan fingerprint density at radius 3 is 2.45 bits per heavy atom. The summed E-state index contributed by atoms with van der Waals surface area (Å²) >= 11 is 0. The minimum atomic E-state index is -0.115. The number of carbonyl (C=O) groups excluding carboxylic acids is 1. The smallest absolute Gasteiger partial charge is 0.255 e. The average Bonchev–Trinajstić information content (AvgIpc) is 3.03. The molecule has 0 atom stereocenters. The third kappa shape index (κ3) is 3.38. The summed E-state index contributed by atoms with van der Waals surface area (Å²) in [5.74, 6) is -0.115. The summed E-state index contributed by atoms with van der Waals surface area (Å²) < 4.78 is 1.74. The molecule has 0 spiro atoms. The predicted octanol–water partition coefficient (Wildman–Crippen LogP) is 2.89. The van der Waals surface area contributed by atoms with Gasteiger partial charge in [-0.05, 0) is 36.8 Å². The van der Waals surface area contributed by atoms with Crippen molar-refractivity contribution in [3.05, 3.63) is 77.9 Å². The standard InChI is InChI=1S/C17H16N4O/c1-13-2-8-16(9-3-13)20-17(22)15-6-4-14(5-7-15)10-21-12-18-11-19-21/h2-9,11-12H,10H2,1H3,(H,20,22). The lowest BCUT2D eigenvalue weighted by molar-refractivity contribution is 0.102. The third-order valence-electron chi connectivity index (χ3n) is 3.34. The Balaban J connectivity index is 1.66. The normalized spacial score (nSPS) is 10.4. The molecule has 22 heavy (non-hydrogen) atoms. The highest BCUT2D eigenvalue weighted by atomic mass is 16.1. The summed E-state index contributed by atoms with van der Waals surface area (Å²) in [7, 11) is 0. The lowest BCUT2D eigenvalue weighted by atomic mass is 10.1. The fourth-order valence-electron chi connectivity index (χ4n) is 2.10. The molecule has 1 heterocycles. The molecule has 1 aromatic heterocycles. The van der Waals surface area contributed by atoms with Gasteiger partial charge in [-0.25, -0.2) is 9.67 Å². The number of hydrogen-bond acceptors (Lipinski definition) is 3. The van der Waals surface area contributed by atoms with E-state index in [1.807, 2.05) is 55.5 Å². The van der Waals surface area contributed by atoms with Crippen molar-refractivity contribution in [2.75, 3.05) is 5.32 Å². The van der Waals surface area contributed by atoms with Crippen LogP contribution in [0.4, 0.5) is 5.69 Å². The van der Waals surface area contributed by atoms with Crippen LogP contribution in [0, 0.1) is 6.92 Å². The quantitative estimate of drug-likeness (QED) is 0.804. The number of rotatable bonds is 4. The number of amides is 1. The molecule has 0 bridgehead atoms. The van der Waals surface area contributed by atoms with Crippen LogP contribution >= 0.6 is 0 Å². The van der Waals surface area contributed by atoms with Crippen molar-refractivity contribution in [1.29, 1.82) is 0 Å². The monoisotopic (exact) mass is 292 g/mol. The third-order valence-corrected chi connectivity index (χ3v) is 3.34. The van der Waals surface area contributed by atoms with Gasteiger partial charge in [-0.15, -0.1) is 0 Å². The maximum Gasteiger partial charge on any atom is 0.255 e. The average molecular weight is 292 g/mol. The molecule has 0 aliphatic carbocycles. The molecular formula is C17H16N4O. The molecular weight excluding hydrogens is 276 g/mol.